The number of rotatable bonds is 4. The number of fused-ring (bicyclic) bond motifs is 1. The maximum absolute atomic E-state index is 10.6. The Bertz CT molecular complexity index is 764. The summed E-state index contributed by atoms with van der Waals surface area (Å²) in [5, 5.41) is 9.47. The summed E-state index contributed by atoms with van der Waals surface area (Å²) in [7, 11) is 0. The molecule has 0 fully saturated rings. The van der Waals surface area contributed by atoms with Crippen LogP contribution in [-0.4, -0.2) is 16.2 Å². The van der Waals surface area contributed by atoms with E-state index in [0.29, 0.717) is 17.9 Å². The van der Waals surface area contributed by atoms with Crippen LogP contribution in [0.5, 0.6) is 11.6 Å². The van der Waals surface area contributed by atoms with Gasteiger partial charge < -0.3 is 19.6 Å². The molecule has 5 heteroatoms. The summed E-state index contributed by atoms with van der Waals surface area (Å²) in [4.78, 5) is 13.5. The van der Waals surface area contributed by atoms with Crippen molar-refractivity contribution < 1.29 is 19.4 Å². The van der Waals surface area contributed by atoms with E-state index in [9.17, 15) is 4.79 Å². The van der Waals surface area contributed by atoms with Crippen molar-refractivity contribution in [2.24, 2.45) is 0 Å². The third-order valence-electron chi connectivity index (χ3n) is 3.03. The van der Waals surface area contributed by atoms with Crippen molar-refractivity contribution >= 4 is 17.1 Å². The molecule has 5 nitrogen and oxygen atoms in total. The van der Waals surface area contributed by atoms with E-state index in [-0.39, 0.29) is 5.88 Å². The van der Waals surface area contributed by atoms with Crippen molar-refractivity contribution in [3.8, 4) is 11.6 Å². The van der Waals surface area contributed by atoms with Crippen LogP contribution in [0.15, 0.2) is 54.6 Å². The lowest BCUT2D eigenvalue weighted by molar-refractivity contribution is 0.143. The van der Waals surface area contributed by atoms with E-state index in [1.807, 2.05) is 48.5 Å². The monoisotopic (exact) mass is 283 g/mol. The molecule has 0 saturated heterocycles. The Morgan fingerprint density at radius 3 is 2.67 bits per heavy atom. The minimum atomic E-state index is -1.35. The summed E-state index contributed by atoms with van der Waals surface area (Å²) < 4.78 is 10.4. The molecule has 0 aliphatic heterocycles. The van der Waals surface area contributed by atoms with Crippen LogP contribution in [0, 0.1) is 0 Å². The van der Waals surface area contributed by atoms with Gasteiger partial charge in [-0.2, -0.15) is 0 Å². The molecule has 2 N–H and O–H groups in total. The summed E-state index contributed by atoms with van der Waals surface area (Å²) in [6, 6.07) is 17.0. The minimum Gasteiger partial charge on any atom is -0.487 e. The summed E-state index contributed by atoms with van der Waals surface area (Å²) in [5.74, 6) is 0.824. The van der Waals surface area contributed by atoms with Gasteiger partial charge in [0.2, 0.25) is 5.88 Å². The second kappa shape index (κ2) is 5.58. The number of aromatic nitrogens is 1. The van der Waals surface area contributed by atoms with Crippen LogP contribution >= 0.6 is 0 Å². The zero-order valence-corrected chi connectivity index (χ0v) is 11.1. The molecule has 21 heavy (non-hydrogen) atoms. The zero-order chi connectivity index (χ0) is 14.7. The smallest absolute Gasteiger partial charge is 0.487 e. The van der Waals surface area contributed by atoms with Crippen LogP contribution in [0.25, 0.3) is 10.9 Å². The van der Waals surface area contributed by atoms with Crippen LogP contribution in [0.2, 0.25) is 0 Å². The number of ether oxygens (including phenoxy) is 2. The molecule has 0 unspecified atom stereocenters. The van der Waals surface area contributed by atoms with Gasteiger partial charge in [0.05, 0.1) is 5.52 Å². The van der Waals surface area contributed by atoms with Crippen molar-refractivity contribution in [3.63, 3.8) is 0 Å². The summed E-state index contributed by atoms with van der Waals surface area (Å²) in [6.07, 6.45) is -1.35. The average Bonchev–Trinajstić information content (AvgIpc) is 2.88. The summed E-state index contributed by atoms with van der Waals surface area (Å²) >= 11 is 0. The van der Waals surface area contributed by atoms with Gasteiger partial charge in [0.25, 0.3) is 0 Å². The van der Waals surface area contributed by atoms with Gasteiger partial charge in [-0.05, 0) is 11.6 Å². The van der Waals surface area contributed by atoms with Gasteiger partial charge in [-0.15, -0.1) is 0 Å². The number of hydrogen-bond donors (Lipinski definition) is 2. The molecule has 0 aliphatic rings. The number of nitrogens with one attached hydrogen (secondary N) is 1. The van der Waals surface area contributed by atoms with E-state index in [0.717, 1.165) is 10.9 Å². The van der Waals surface area contributed by atoms with Gasteiger partial charge in [0.15, 0.2) is 0 Å². The van der Waals surface area contributed by atoms with Crippen LogP contribution in [-0.2, 0) is 6.61 Å². The maximum Gasteiger partial charge on any atom is 0.512 e. The molecule has 0 spiro atoms. The first-order valence-corrected chi connectivity index (χ1v) is 6.41. The normalized spacial score (nSPS) is 10.5. The molecular weight excluding hydrogens is 270 g/mol. The third kappa shape index (κ3) is 2.97. The van der Waals surface area contributed by atoms with E-state index in [2.05, 4.69) is 9.72 Å². The number of H-pyrrole nitrogens is 1. The Balaban J connectivity index is 1.84. The van der Waals surface area contributed by atoms with E-state index < -0.39 is 6.16 Å². The fourth-order valence-corrected chi connectivity index (χ4v) is 2.11. The van der Waals surface area contributed by atoms with E-state index in [1.165, 1.54) is 0 Å². The van der Waals surface area contributed by atoms with Gasteiger partial charge in [-0.1, -0.05) is 42.5 Å². The first-order valence-electron chi connectivity index (χ1n) is 6.41. The van der Waals surface area contributed by atoms with Crippen LogP contribution in [0.3, 0.4) is 0 Å². The topological polar surface area (TPSA) is 71.6 Å². The number of aromatic amines is 1. The standard InChI is InChI=1S/C16H13NO4/c18-16(19)21-14-9-12-7-4-8-13(15(12)17-14)20-10-11-5-2-1-3-6-11/h1-9,17H,10H2,(H,18,19). The number of benzene rings is 2. The van der Waals surface area contributed by atoms with Crippen molar-refractivity contribution in [3.05, 3.63) is 60.2 Å². The van der Waals surface area contributed by atoms with Gasteiger partial charge in [-0.25, -0.2) is 4.79 Å². The number of carbonyl (C=O) groups is 1. The largest absolute Gasteiger partial charge is 0.512 e. The van der Waals surface area contributed by atoms with Crippen molar-refractivity contribution in [1.82, 2.24) is 4.98 Å². The van der Waals surface area contributed by atoms with Crippen LogP contribution in [0.4, 0.5) is 4.79 Å². The molecule has 0 aliphatic carbocycles. The molecule has 0 bridgehead atoms. The van der Waals surface area contributed by atoms with Crippen molar-refractivity contribution in [1.29, 1.82) is 0 Å². The Labute approximate surface area is 120 Å². The lowest BCUT2D eigenvalue weighted by atomic mass is 10.2. The molecule has 1 aromatic heterocycles. The lowest BCUT2D eigenvalue weighted by Crippen LogP contribution is -2.02. The molecule has 106 valence electrons. The fraction of sp³-hybridized carbons (Fsp3) is 0.0625. The van der Waals surface area contributed by atoms with E-state index in [4.69, 9.17) is 9.84 Å². The molecule has 1 heterocycles. The summed E-state index contributed by atoms with van der Waals surface area (Å²) in [6.45, 7) is 0.439. The fourth-order valence-electron chi connectivity index (χ4n) is 2.11. The SMILES string of the molecule is O=C(O)Oc1cc2cccc(OCc3ccccc3)c2[nH]1. The molecular formula is C16H13NO4. The van der Waals surface area contributed by atoms with Gasteiger partial charge in [0, 0.05) is 11.5 Å². The third-order valence-corrected chi connectivity index (χ3v) is 3.03. The second-order valence-electron chi connectivity index (χ2n) is 4.50. The van der Waals surface area contributed by atoms with E-state index in [1.54, 1.807) is 6.07 Å². The summed E-state index contributed by atoms with van der Waals surface area (Å²) in [5.41, 5.74) is 1.77. The Kier molecular flexibility index (Phi) is 3.47. The highest BCUT2D eigenvalue weighted by Gasteiger charge is 2.09. The number of carboxylic acid groups (broad SMARTS) is 1. The molecule has 0 amide bonds. The predicted molar refractivity (Wildman–Crippen MR) is 77.7 cm³/mol. The van der Waals surface area contributed by atoms with Crippen molar-refractivity contribution in [2.75, 3.05) is 0 Å². The number of hydrogen-bond acceptors (Lipinski definition) is 3. The van der Waals surface area contributed by atoms with Crippen molar-refractivity contribution in [2.45, 2.75) is 6.61 Å². The van der Waals surface area contributed by atoms with E-state index >= 15 is 0 Å². The molecule has 0 atom stereocenters. The molecule has 3 aromatic rings. The highest BCUT2D eigenvalue weighted by atomic mass is 16.7. The predicted octanol–water partition coefficient (Wildman–Crippen LogP) is 3.80. The second-order valence-corrected chi connectivity index (χ2v) is 4.50. The zero-order valence-electron chi connectivity index (χ0n) is 11.1. The maximum atomic E-state index is 10.6. The van der Waals surface area contributed by atoms with Gasteiger partial charge in [-0.3, -0.25) is 0 Å². The quantitative estimate of drug-likeness (QED) is 0.714. The molecule has 3 rings (SSSR count). The first-order chi connectivity index (χ1) is 10.2. The Hall–Kier alpha value is -2.95. The highest BCUT2D eigenvalue weighted by molar-refractivity contribution is 5.87. The van der Waals surface area contributed by atoms with Gasteiger partial charge >= 0.3 is 6.16 Å². The van der Waals surface area contributed by atoms with Crippen LogP contribution in [0.1, 0.15) is 5.56 Å². The Morgan fingerprint density at radius 1 is 1.10 bits per heavy atom. The highest BCUT2D eigenvalue weighted by Crippen LogP contribution is 2.29. The molecule has 0 saturated carbocycles. The Morgan fingerprint density at radius 2 is 1.90 bits per heavy atom. The number of para-hydroxylation sites is 1. The average molecular weight is 283 g/mol. The molecule has 2 aromatic carbocycles. The minimum absolute atomic E-state index is 0.174. The van der Waals surface area contributed by atoms with Gasteiger partial charge in [0.1, 0.15) is 12.4 Å². The lowest BCUT2D eigenvalue weighted by Gasteiger charge is -2.07. The first kappa shape index (κ1) is 13.1. The molecule has 0 radical (unpaired) electrons. The van der Waals surface area contributed by atoms with Crippen LogP contribution < -0.4 is 9.47 Å².